The van der Waals surface area contributed by atoms with Crippen LogP contribution in [0.1, 0.15) is 17.3 Å². The summed E-state index contributed by atoms with van der Waals surface area (Å²) in [6.45, 7) is 2.49. The maximum Gasteiger partial charge on any atom is 0.294 e. The minimum Gasteiger partial charge on any atom is -0.351 e. The first-order chi connectivity index (χ1) is 8.99. The molecule has 104 valence electrons. The molecule has 1 atom stereocenters. The fraction of sp³-hybridized carbons (Fsp3) is 0.364. The molecule has 1 unspecified atom stereocenters. The number of hydrogen-bond acceptors (Lipinski definition) is 6. The number of thioether (sulfide) groups is 1. The second-order valence-electron chi connectivity index (χ2n) is 3.89. The SMILES string of the molecule is CSC(C)CNC(=O)c1ccc(NN)c([N+](=O)[O-])c1. The Morgan fingerprint density at radius 2 is 2.26 bits per heavy atom. The molecule has 0 saturated carbocycles. The van der Waals surface area contributed by atoms with Crippen molar-refractivity contribution in [1.82, 2.24) is 5.32 Å². The Morgan fingerprint density at radius 3 is 2.79 bits per heavy atom. The number of carbonyl (C=O) groups is 1. The molecule has 7 nitrogen and oxygen atoms in total. The largest absolute Gasteiger partial charge is 0.351 e. The third kappa shape index (κ3) is 4.11. The van der Waals surface area contributed by atoms with Crippen molar-refractivity contribution in [3.63, 3.8) is 0 Å². The lowest BCUT2D eigenvalue weighted by Gasteiger charge is -2.10. The van der Waals surface area contributed by atoms with Gasteiger partial charge in [-0.3, -0.25) is 20.8 Å². The van der Waals surface area contributed by atoms with Crippen LogP contribution < -0.4 is 16.6 Å². The van der Waals surface area contributed by atoms with Gasteiger partial charge in [-0.1, -0.05) is 6.92 Å². The van der Waals surface area contributed by atoms with E-state index in [2.05, 4.69) is 10.7 Å². The van der Waals surface area contributed by atoms with Crippen molar-refractivity contribution < 1.29 is 9.72 Å². The van der Waals surface area contributed by atoms with Crippen LogP contribution in [-0.2, 0) is 0 Å². The van der Waals surface area contributed by atoms with Crippen LogP contribution in [-0.4, -0.2) is 28.9 Å². The maximum absolute atomic E-state index is 11.8. The van der Waals surface area contributed by atoms with Crippen molar-refractivity contribution in [1.29, 1.82) is 0 Å². The first kappa shape index (κ1) is 15.3. The topological polar surface area (TPSA) is 110 Å². The van der Waals surface area contributed by atoms with E-state index in [-0.39, 0.29) is 28.1 Å². The summed E-state index contributed by atoms with van der Waals surface area (Å²) in [6, 6.07) is 4.10. The van der Waals surface area contributed by atoms with Crippen LogP contribution in [0.25, 0.3) is 0 Å². The van der Waals surface area contributed by atoms with Crippen LogP contribution in [0.5, 0.6) is 0 Å². The van der Waals surface area contributed by atoms with E-state index >= 15 is 0 Å². The number of nitro benzene ring substituents is 1. The molecule has 1 aromatic rings. The van der Waals surface area contributed by atoms with E-state index in [0.717, 1.165) is 0 Å². The lowest BCUT2D eigenvalue weighted by atomic mass is 10.1. The summed E-state index contributed by atoms with van der Waals surface area (Å²) in [5.41, 5.74) is 2.40. The summed E-state index contributed by atoms with van der Waals surface area (Å²) in [4.78, 5) is 22.1. The van der Waals surface area contributed by atoms with Gasteiger partial charge in [-0.05, 0) is 18.4 Å². The van der Waals surface area contributed by atoms with Crippen LogP contribution in [0, 0.1) is 10.1 Å². The molecule has 8 heteroatoms. The molecule has 0 aliphatic heterocycles. The van der Waals surface area contributed by atoms with E-state index in [9.17, 15) is 14.9 Å². The molecule has 0 saturated heterocycles. The van der Waals surface area contributed by atoms with Gasteiger partial charge in [0, 0.05) is 23.4 Å². The van der Waals surface area contributed by atoms with Gasteiger partial charge >= 0.3 is 0 Å². The second kappa shape index (κ2) is 6.95. The average Bonchev–Trinajstić information content (AvgIpc) is 2.43. The predicted octanol–water partition coefficient (Wildman–Crippen LogP) is 1.36. The number of amides is 1. The van der Waals surface area contributed by atoms with E-state index in [1.807, 2.05) is 13.2 Å². The minimum atomic E-state index is -0.587. The number of hydrogen-bond donors (Lipinski definition) is 3. The lowest BCUT2D eigenvalue weighted by Crippen LogP contribution is -2.29. The van der Waals surface area contributed by atoms with Crippen LogP contribution in [0.2, 0.25) is 0 Å². The number of anilines is 1. The van der Waals surface area contributed by atoms with Crippen molar-refractivity contribution in [3.8, 4) is 0 Å². The van der Waals surface area contributed by atoms with Gasteiger partial charge in [-0.25, -0.2) is 0 Å². The number of nitrogens with one attached hydrogen (secondary N) is 2. The van der Waals surface area contributed by atoms with Gasteiger partial charge in [0.1, 0.15) is 5.69 Å². The molecule has 0 aliphatic carbocycles. The molecule has 0 aliphatic rings. The number of nitrogen functional groups attached to an aromatic ring is 1. The van der Waals surface area contributed by atoms with Crippen LogP contribution in [0.3, 0.4) is 0 Å². The molecule has 0 radical (unpaired) electrons. The number of rotatable bonds is 6. The van der Waals surface area contributed by atoms with Gasteiger partial charge in [-0.15, -0.1) is 0 Å². The van der Waals surface area contributed by atoms with Gasteiger partial charge in [0.2, 0.25) is 0 Å². The van der Waals surface area contributed by atoms with E-state index in [1.54, 1.807) is 11.8 Å². The number of carbonyl (C=O) groups excluding carboxylic acids is 1. The van der Waals surface area contributed by atoms with E-state index in [4.69, 9.17) is 5.84 Å². The Hall–Kier alpha value is -1.80. The summed E-state index contributed by atoms with van der Waals surface area (Å²) in [6.07, 6.45) is 1.95. The first-order valence-electron chi connectivity index (χ1n) is 5.55. The fourth-order valence-electron chi connectivity index (χ4n) is 1.37. The highest BCUT2D eigenvalue weighted by molar-refractivity contribution is 7.99. The molecule has 0 heterocycles. The van der Waals surface area contributed by atoms with Crippen molar-refractivity contribution in [3.05, 3.63) is 33.9 Å². The standard InChI is InChI=1S/C11H16N4O3S/c1-7(19-2)6-13-11(16)8-3-4-9(14-12)10(5-8)15(17)18/h3-5,7,14H,6,12H2,1-2H3,(H,13,16). The molecule has 1 rings (SSSR count). The molecule has 1 amide bonds. The Labute approximate surface area is 115 Å². The summed E-state index contributed by atoms with van der Waals surface area (Å²) >= 11 is 1.63. The van der Waals surface area contributed by atoms with Gasteiger partial charge in [0.05, 0.1) is 4.92 Å². The molecule has 4 N–H and O–H groups in total. The van der Waals surface area contributed by atoms with Gasteiger partial charge < -0.3 is 10.7 Å². The second-order valence-corrected chi connectivity index (χ2v) is 5.17. The van der Waals surface area contributed by atoms with Crippen molar-refractivity contribution in [2.24, 2.45) is 5.84 Å². The molecule has 1 aromatic carbocycles. The first-order valence-corrected chi connectivity index (χ1v) is 6.84. The van der Waals surface area contributed by atoms with Crippen LogP contribution >= 0.6 is 11.8 Å². The smallest absolute Gasteiger partial charge is 0.294 e. The quantitative estimate of drug-likeness (QED) is 0.413. The number of hydrazine groups is 1. The van der Waals surface area contributed by atoms with Crippen LogP contribution in [0.4, 0.5) is 11.4 Å². The van der Waals surface area contributed by atoms with Crippen LogP contribution in [0.15, 0.2) is 18.2 Å². The van der Waals surface area contributed by atoms with E-state index in [0.29, 0.717) is 6.54 Å². The zero-order valence-electron chi connectivity index (χ0n) is 10.7. The Morgan fingerprint density at radius 1 is 1.58 bits per heavy atom. The summed E-state index contributed by atoms with van der Waals surface area (Å²) in [5.74, 6) is 4.83. The lowest BCUT2D eigenvalue weighted by molar-refractivity contribution is -0.384. The Balaban J connectivity index is 2.86. The van der Waals surface area contributed by atoms with E-state index in [1.165, 1.54) is 18.2 Å². The molecule has 0 bridgehead atoms. The molecule has 0 aromatic heterocycles. The highest BCUT2D eigenvalue weighted by Crippen LogP contribution is 2.24. The predicted molar refractivity (Wildman–Crippen MR) is 76.2 cm³/mol. The van der Waals surface area contributed by atoms with Gasteiger partial charge in [-0.2, -0.15) is 11.8 Å². The van der Waals surface area contributed by atoms with Gasteiger partial charge in [0.15, 0.2) is 0 Å². The minimum absolute atomic E-state index is 0.166. The molecular weight excluding hydrogens is 268 g/mol. The monoisotopic (exact) mass is 284 g/mol. The zero-order valence-corrected chi connectivity index (χ0v) is 11.5. The molecule has 19 heavy (non-hydrogen) atoms. The zero-order chi connectivity index (χ0) is 14.4. The Bertz CT molecular complexity index is 481. The normalized spacial score (nSPS) is 11.7. The summed E-state index contributed by atoms with van der Waals surface area (Å²) in [7, 11) is 0. The number of nitrogens with two attached hydrogens (primary N) is 1. The Kier molecular flexibility index (Phi) is 5.58. The van der Waals surface area contributed by atoms with Crippen molar-refractivity contribution in [2.75, 3.05) is 18.2 Å². The van der Waals surface area contributed by atoms with Gasteiger partial charge in [0.25, 0.3) is 11.6 Å². The summed E-state index contributed by atoms with van der Waals surface area (Å²) in [5, 5.41) is 13.8. The number of nitrogens with zero attached hydrogens (tertiary/aromatic N) is 1. The third-order valence-corrected chi connectivity index (χ3v) is 3.54. The molecule has 0 spiro atoms. The van der Waals surface area contributed by atoms with E-state index < -0.39 is 4.92 Å². The molecule has 0 fully saturated rings. The maximum atomic E-state index is 11.8. The number of nitro groups is 1. The highest BCUT2D eigenvalue weighted by Gasteiger charge is 2.17. The average molecular weight is 284 g/mol. The highest BCUT2D eigenvalue weighted by atomic mass is 32.2. The fourth-order valence-corrected chi connectivity index (χ4v) is 1.62. The van der Waals surface area contributed by atoms with Crippen molar-refractivity contribution >= 4 is 29.0 Å². The molecular formula is C11H16N4O3S. The number of benzene rings is 1. The van der Waals surface area contributed by atoms with Crippen molar-refractivity contribution in [2.45, 2.75) is 12.2 Å². The summed E-state index contributed by atoms with van der Waals surface area (Å²) < 4.78 is 0. The third-order valence-electron chi connectivity index (χ3n) is 2.56.